The zero-order valence-electron chi connectivity index (χ0n) is 16.9. The van der Waals surface area contributed by atoms with Gasteiger partial charge in [-0.25, -0.2) is 4.39 Å². The Bertz CT molecular complexity index is 783. The van der Waals surface area contributed by atoms with E-state index in [1.54, 1.807) is 6.07 Å². The van der Waals surface area contributed by atoms with Gasteiger partial charge in [-0.3, -0.25) is 9.67 Å². The summed E-state index contributed by atoms with van der Waals surface area (Å²) in [5.41, 5.74) is 2.94. The van der Waals surface area contributed by atoms with Crippen molar-refractivity contribution in [2.45, 2.75) is 26.8 Å². The molecule has 1 N–H and O–H groups in total. The molecule has 3 rings (SSSR count). The summed E-state index contributed by atoms with van der Waals surface area (Å²) >= 11 is 0. The third kappa shape index (κ3) is 5.59. The van der Waals surface area contributed by atoms with Crippen LogP contribution in [0.3, 0.4) is 0 Å². The maximum Gasteiger partial charge on any atom is 0.193 e. The maximum absolute atomic E-state index is 14.0. The van der Waals surface area contributed by atoms with Crippen LogP contribution in [0, 0.1) is 19.7 Å². The second-order valence-electron chi connectivity index (χ2n) is 6.90. The van der Waals surface area contributed by atoms with E-state index in [9.17, 15) is 4.39 Å². The van der Waals surface area contributed by atoms with E-state index < -0.39 is 0 Å². The number of benzene rings is 1. The van der Waals surface area contributed by atoms with E-state index in [-0.39, 0.29) is 29.8 Å². The van der Waals surface area contributed by atoms with Crippen molar-refractivity contribution in [2.24, 2.45) is 4.99 Å². The Kier molecular flexibility index (Phi) is 8.53. The fourth-order valence-corrected chi connectivity index (χ4v) is 3.53. The van der Waals surface area contributed by atoms with Crippen LogP contribution in [0.4, 0.5) is 10.1 Å². The van der Waals surface area contributed by atoms with Crippen molar-refractivity contribution < 1.29 is 4.39 Å². The minimum absolute atomic E-state index is 0. The number of piperazine rings is 1. The summed E-state index contributed by atoms with van der Waals surface area (Å²) in [4.78, 5) is 8.75. The number of aliphatic imine (C=N–C) groups is 1. The Labute approximate surface area is 183 Å². The Morgan fingerprint density at radius 1 is 1.18 bits per heavy atom. The van der Waals surface area contributed by atoms with E-state index in [2.05, 4.69) is 38.2 Å². The number of nitrogens with one attached hydrogen (secondary N) is 1. The normalized spacial score (nSPS) is 14.8. The van der Waals surface area contributed by atoms with E-state index in [1.807, 2.05) is 30.8 Å². The maximum atomic E-state index is 14.0. The second kappa shape index (κ2) is 10.6. The highest BCUT2D eigenvalue weighted by Gasteiger charge is 2.21. The van der Waals surface area contributed by atoms with Crippen LogP contribution in [-0.4, -0.2) is 60.4 Å². The van der Waals surface area contributed by atoms with Gasteiger partial charge in [-0.1, -0.05) is 12.1 Å². The van der Waals surface area contributed by atoms with Gasteiger partial charge < -0.3 is 15.1 Å². The minimum Gasteiger partial charge on any atom is -0.366 e. The number of guanidine groups is 1. The average molecular weight is 500 g/mol. The quantitative estimate of drug-likeness (QED) is 0.297. The number of halogens is 2. The fraction of sp³-hybridized carbons (Fsp3) is 0.500. The lowest BCUT2D eigenvalue weighted by Gasteiger charge is -2.37. The highest BCUT2D eigenvalue weighted by Crippen LogP contribution is 2.20. The van der Waals surface area contributed by atoms with Gasteiger partial charge in [-0.05, 0) is 38.5 Å². The number of anilines is 1. The van der Waals surface area contributed by atoms with Crippen LogP contribution in [0.1, 0.15) is 17.8 Å². The first-order chi connectivity index (χ1) is 13.1. The highest BCUT2D eigenvalue weighted by molar-refractivity contribution is 14.0. The van der Waals surface area contributed by atoms with E-state index in [4.69, 9.17) is 0 Å². The van der Waals surface area contributed by atoms with Crippen molar-refractivity contribution in [2.75, 3.05) is 44.7 Å². The predicted molar refractivity (Wildman–Crippen MR) is 123 cm³/mol. The van der Waals surface area contributed by atoms with Gasteiger partial charge in [-0.2, -0.15) is 5.10 Å². The van der Waals surface area contributed by atoms with Crippen molar-refractivity contribution >= 4 is 35.6 Å². The summed E-state index contributed by atoms with van der Waals surface area (Å²) in [5.74, 6) is 0.758. The summed E-state index contributed by atoms with van der Waals surface area (Å²) in [5, 5.41) is 7.94. The molecule has 0 spiro atoms. The Morgan fingerprint density at radius 3 is 2.50 bits per heavy atom. The molecule has 0 saturated carbocycles. The largest absolute Gasteiger partial charge is 0.366 e. The summed E-state index contributed by atoms with van der Waals surface area (Å²) < 4.78 is 16.0. The van der Waals surface area contributed by atoms with Gasteiger partial charge in [0.05, 0.1) is 11.4 Å². The molecule has 1 aliphatic heterocycles. The average Bonchev–Trinajstić information content (AvgIpc) is 3.00. The summed E-state index contributed by atoms with van der Waals surface area (Å²) in [6.07, 6.45) is 0.982. The Morgan fingerprint density at radius 2 is 1.89 bits per heavy atom. The molecule has 1 fully saturated rings. The summed E-state index contributed by atoms with van der Waals surface area (Å²) in [7, 11) is 1.81. The van der Waals surface area contributed by atoms with Crippen molar-refractivity contribution in [1.29, 1.82) is 0 Å². The molecule has 0 radical (unpaired) electrons. The molecule has 1 aliphatic rings. The van der Waals surface area contributed by atoms with Gasteiger partial charge in [0.2, 0.25) is 0 Å². The van der Waals surface area contributed by atoms with Gasteiger partial charge >= 0.3 is 0 Å². The molecule has 154 valence electrons. The lowest BCUT2D eigenvalue weighted by molar-refractivity contribution is 0.370. The number of hydrogen-bond acceptors (Lipinski definition) is 3. The van der Waals surface area contributed by atoms with Gasteiger partial charge in [0.25, 0.3) is 0 Å². The van der Waals surface area contributed by atoms with Crippen LogP contribution in [0.2, 0.25) is 0 Å². The second-order valence-corrected chi connectivity index (χ2v) is 6.90. The van der Waals surface area contributed by atoms with Gasteiger partial charge in [0.15, 0.2) is 5.96 Å². The molecule has 2 heterocycles. The van der Waals surface area contributed by atoms with E-state index >= 15 is 0 Å². The molecule has 0 unspecified atom stereocenters. The standard InChI is InChI=1S/C20H29FN6.HI/c1-16-15-17(2)27(24-16)10-6-9-23-20(22-3)26-13-11-25(12-14-26)19-8-5-4-7-18(19)21;/h4-5,7-8,15H,6,9-14H2,1-3H3,(H,22,23);1H. The van der Waals surface area contributed by atoms with Crippen LogP contribution in [-0.2, 0) is 6.54 Å². The molecule has 0 amide bonds. The first-order valence-corrected chi connectivity index (χ1v) is 9.54. The van der Waals surface area contributed by atoms with Crippen LogP contribution in [0.15, 0.2) is 35.3 Å². The molecule has 0 aliphatic carbocycles. The number of rotatable bonds is 5. The first kappa shape index (κ1) is 22.4. The van der Waals surface area contributed by atoms with E-state index in [0.29, 0.717) is 5.69 Å². The van der Waals surface area contributed by atoms with Crippen LogP contribution < -0.4 is 10.2 Å². The van der Waals surface area contributed by atoms with Crippen LogP contribution in [0.25, 0.3) is 0 Å². The van der Waals surface area contributed by atoms with Gasteiger partial charge in [0, 0.05) is 52.0 Å². The molecule has 1 aromatic carbocycles. The lowest BCUT2D eigenvalue weighted by atomic mass is 10.2. The van der Waals surface area contributed by atoms with Crippen molar-refractivity contribution in [3.63, 3.8) is 0 Å². The number of para-hydroxylation sites is 1. The number of hydrogen-bond donors (Lipinski definition) is 1. The van der Waals surface area contributed by atoms with Gasteiger partial charge in [0.1, 0.15) is 5.82 Å². The zero-order chi connectivity index (χ0) is 19.2. The summed E-state index contributed by atoms with van der Waals surface area (Å²) in [6, 6.07) is 9.07. The summed E-state index contributed by atoms with van der Waals surface area (Å²) in [6.45, 7) is 9.06. The SMILES string of the molecule is CN=C(NCCCn1nc(C)cc1C)N1CCN(c2ccccc2F)CC1.I. The fourth-order valence-electron chi connectivity index (χ4n) is 3.53. The third-order valence-corrected chi connectivity index (χ3v) is 4.92. The first-order valence-electron chi connectivity index (χ1n) is 9.54. The van der Waals surface area contributed by atoms with Crippen LogP contribution >= 0.6 is 24.0 Å². The topological polar surface area (TPSA) is 48.7 Å². The predicted octanol–water partition coefficient (Wildman–Crippen LogP) is 3.04. The van der Waals surface area contributed by atoms with E-state index in [0.717, 1.165) is 57.3 Å². The zero-order valence-corrected chi connectivity index (χ0v) is 19.2. The lowest BCUT2D eigenvalue weighted by Crippen LogP contribution is -2.52. The molecular weight excluding hydrogens is 470 g/mol. The Balaban J connectivity index is 0.00000280. The Hall–Kier alpha value is -1.84. The molecular formula is C20H30FIN6. The minimum atomic E-state index is -0.155. The molecule has 0 atom stereocenters. The monoisotopic (exact) mass is 500 g/mol. The third-order valence-electron chi connectivity index (χ3n) is 4.92. The van der Waals surface area contributed by atoms with Gasteiger partial charge in [-0.15, -0.1) is 24.0 Å². The van der Waals surface area contributed by atoms with Crippen molar-refractivity contribution in [1.82, 2.24) is 20.0 Å². The molecule has 2 aromatic rings. The molecule has 0 bridgehead atoms. The smallest absolute Gasteiger partial charge is 0.193 e. The number of aryl methyl sites for hydroxylation is 3. The number of aromatic nitrogens is 2. The number of nitrogens with zero attached hydrogens (tertiary/aromatic N) is 5. The van der Waals surface area contributed by atoms with Crippen molar-refractivity contribution in [3.05, 3.63) is 47.5 Å². The molecule has 1 saturated heterocycles. The molecule has 28 heavy (non-hydrogen) atoms. The highest BCUT2D eigenvalue weighted by atomic mass is 127. The molecule has 8 heteroatoms. The van der Waals surface area contributed by atoms with Crippen LogP contribution in [0.5, 0.6) is 0 Å². The molecule has 6 nitrogen and oxygen atoms in total. The van der Waals surface area contributed by atoms with Crippen molar-refractivity contribution in [3.8, 4) is 0 Å². The van der Waals surface area contributed by atoms with E-state index in [1.165, 1.54) is 11.8 Å². The molecule has 1 aromatic heterocycles.